The summed E-state index contributed by atoms with van der Waals surface area (Å²) in [5.74, 6) is 0.994. The van der Waals surface area contributed by atoms with Crippen LogP contribution in [0.5, 0.6) is 0 Å². The first-order valence-corrected chi connectivity index (χ1v) is 9.38. The average Bonchev–Trinajstić information content (AvgIpc) is 2.42. The van der Waals surface area contributed by atoms with Crippen molar-refractivity contribution in [2.75, 3.05) is 12.4 Å². The smallest absolute Gasteiger partial charge is 0.228 e. The zero-order valence-electron chi connectivity index (χ0n) is 15.5. The number of rotatable bonds is 5. The summed E-state index contributed by atoms with van der Waals surface area (Å²) in [6.07, 6.45) is 4.40. The quantitative estimate of drug-likeness (QED) is 0.813. The van der Waals surface area contributed by atoms with Crippen molar-refractivity contribution in [1.29, 1.82) is 0 Å². The van der Waals surface area contributed by atoms with Crippen LogP contribution in [0.25, 0.3) is 0 Å². The Morgan fingerprint density at radius 2 is 1.58 bits per heavy atom. The Bertz CT molecular complexity index is 538. The standard InChI is InChI=1S/C17H29Cl2N5/c1-7-8-12(20-15-22-13(18)21-14(19)23-15)11-9-16(2,3)24(6)17(4,5)10-11/h11-12H,7-10H2,1-6H3,(H,20,21,22,23). The van der Waals surface area contributed by atoms with Crippen LogP contribution in [0.1, 0.15) is 60.3 Å². The fourth-order valence-electron chi connectivity index (χ4n) is 4.03. The van der Waals surface area contributed by atoms with Crippen LogP contribution in [0.2, 0.25) is 10.6 Å². The minimum absolute atomic E-state index is 0.122. The van der Waals surface area contributed by atoms with Crippen LogP contribution in [0.3, 0.4) is 0 Å². The lowest BCUT2D eigenvalue weighted by Crippen LogP contribution is -2.60. The molecule has 5 nitrogen and oxygen atoms in total. The van der Waals surface area contributed by atoms with Crippen LogP contribution in [0, 0.1) is 5.92 Å². The van der Waals surface area contributed by atoms with Crippen LogP contribution < -0.4 is 5.32 Å². The van der Waals surface area contributed by atoms with Gasteiger partial charge in [0.15, 0.2) is 0 Å². The van der Waals surface area contributed by atoms with E-state index < -0.39 is 0 Å². The molecule has 1 saturated heterocycles. The van der Waals surface area contributed by atoms with Gasteiger partial charge in [-0.1, -0.05) is 13.3 Å². The van der Waals surface area contributed by atoms with Crippen molar-refractivity contribution in [2.45, 2.75) is 77.4 Å². The number of nitrogens with zero attached hydrogens (tertiary/aromatic N) is 4. The van der Waals surface area contributed by atoms with Crippen molar-refractivity contribution < 1.29 is 0 Å². The minimum Gasteiger partial charge on any atom is -0.351 e. The molecule has 1 unspecified atom stereocenters. The SMILES string of the molecule is CCCC(Nc1nc(Cl)nc(Cl)n1)C1CC(C)(C)N(C)C(C)(C)C1. The van der Waals surface area contributed by atoms with E-state index >= 15 is 0 Å². The van der Waals surface area contributed by atoms with E-state index in [1.54, 1.807) is 0 Å². The Balaban J connectivity index is 2.23. The predicted molar refractivity (Wildman–Crippen MR) is 101 cm³/mol. The summed E-state index contributed by atoms with van der Waals surface area (Å²) < 4.78 is 0. The second kappa shape index (κ2) is 7.30. The molecule has 0 spiro atoms. The highest BCUT2D eigenvalue weighted by atomic mass is 35.5. The number of likely N-dealkylation sites (tertiary alicyclic amines) is 1. The van der Waals surface area contributed by atoms with Crippen LogP contribution >= 0.6 is 23.2 Å². The maximum Gasteiger partial charge on any atom is 0.228 e. The molecule has 2 heterocycles. The van der Waals surface area contributed by atoms with Gasteiger partial charge < -0.3 is 5.32 Å². The third-order valence-corrected chi connectivity index (χ3v) is 5.74. The molecule has 7 heteroatoms. The van der Waals surface area contributed by atoms with E-state index in [4.69, 9.17) is 23.2 Å². The molecule has 0 aromatic carbocycles. The van der Waals surface area contributed by atoms with E-state index in [9.17, 15) is 0 Å². The summed E-state index contributed by atoms with van der Waals surface area (Å²) in [7, 11) is 2.23. The zero-order valence-corrected chi connectivity index (χ0v) is 17.0. The van der Waals surface area contributed by atoms with Gasteiger partial charge in [0.1, 0.15) is 0 Å². The van der Waals surface area contributed by atoms with Crippen molar-refractivity contribution in [3.8, 4) is 0 Å². The van der Waals surface area contributed by atoms with E-state index in [0.29, 0.717) is 11.9 Å². The van der Waals surface area contributed by atoms with Crippen molar-refractivity contribution in [1.82, 2.24) is 19.9 Å². The topological polar surface area (TPSA) is 53.9 Å². The van der Waals surface area contributed by atoms with E-state index in [0.717, 1.165) is 25.7 Å². The van der Waals surface area contributed by atoms with Crippen molar-refractivity contribution in [3.05, 3.63) is 10.6 Å². The zero-order chi connectivity index (χ0) is 18.1. The monoisotopic (exact) mass is 373 g/mol. The van der Waals surface area contributed by atoms with Crippen LogP contribution in [0.4, 0.5) is 5.95 Å². The van der Waals surface area contributed by atoms with Gasteiger partial charge in [0.25, 0.3) is 0 Å². The van der Waals surface area contributed by atoms with Gasteiger partial charge in [0.2, 0.25) is 16.5 Å². The largest absolute Gasteiger partial charge is 0.351 e. The summed E-state index contributed by atoms with van der Waals surface area (Å²) in [5, 5.41) is 3.72. The van der Waals surface area contributed by atoms with Gasteiger partial charge in [-0.15, -0.1) is 0 Å². The highest BCUT2D eigenvalue weighted by molar-refractivity contribution is 6.31. The molecule has 1 aromatic rings. The summed E-state index contributed by atoms with van der Waals surface area (Å²) in [6.45, 7) is 11.5. The van der Waals surface area contributed by atoms with Crippen molar-refractivity contribution >= 4 is 29.2 Å². The molecule has 1 fully saturated rings. The molecule has 1 aliphatic rings. The highest BCUT2D eigenvalue weighted by Crippen LogP contribution is 2.42. The van der Waals surface area contributed by atoms with Crippen LogP contribution in [0.15, 0.2) is 0 Å². The maximum atomic E-state index is 5.91. The Morgan fingerprint density at radius 1 is 1.08 bits per heavy atom. The number of anilines is 1. The number of halogens is 2. The molecule has 0 saturated carbocycles. The van der Waals surface area contributed by atoms with Gasteiger partial charge >= 0.3 is 0 Å². The van der Waals surface area contributed by atoms with E-state index in [1.807, 2.05) is 0 Å². The van der Waals surface area contributed by atoms with Gasteiger partial charge in [-0.05, 0) is 83.1 Å². The molecule has 1 aromatic heterocycles. The average molecular weight is 374 g/mol. The highest BCUT2D eigenvalue weighted by Gasteiger charge is 2.45. The number of aromatic nitrogens is 3. The van der Waals surface area contributed by atoms with Gasteiger partial charge in [0, 0.05) is 17.1 Å². The number of nitrogens with one attached hydrogen (secondary N) is 1. The number of hydrogen-bond donors (Lipinski definition) is 1. The molecular formula is C17H29Cl2N5. The first-order chi connectivity index (χ1) is 11.0. The van der Waals surface area contributed by atoms with Gasteiger partial charge in [-0.2, -0.15) is 15.0 Å². The fourth-order valence-corrected chi connectivity index (χ4v) is 4.39. The Labute approximate surface area is 155 Å². The molecule has 0 bridgehead atoms. The lowest BCUT2D eigenvalue weighted by atomic mass is 9.70. The summed E-state index contributed by atoms with van der Waals surface area (Å²) in [5.41, 5.74) is 0.295. The second-order valence-corrected chi connectivity index (χ2v) is 8.76. The molecule has 1 aliphatic heterocycles. The van der Waals surface area contributed by atoms with E-state index in [-0.39, 0.29) is 27.7 Å². The molecule has 1 atom stereocenters. The van der Waals surface area contributed by atoms with Crippen molar-refractivity contribution in [2.24, 2.45) is 5.92 Å². The number of piperidine rings is 1. The third-order valence-electron chi connectivity index (χ3n) is 5.40. The van der Waals surface area contributed by atoms with Gasteiger partial charge in [-0.3, -0.25) is 4.90 Å². The number of hydrogen-bond acceptors (Lipinski definition) is 5. The van der Waals surface area contributed by atoms with E-state index in [1.165, 1.54) is 0 Å². The predicted octanol–water partition coefficient (Wildman–Crippen LogP) is 4.66. The molecule has 0 aliphatic carbocycles. The Hall–Kier alpha value is -0.650. The Kier molecular flexibility index (Phi) is 5.99. The second-order valence-electron chi connectivity index (χ2n) is 8.09. The lowest BCUT2D eigenvalue weighted by Gasteiger charge is -2.55. The van der Waals surface area contributed by atoms with Gasteiger partial charge in [-0.25, -0.2) is 0 Å². The maximum absolute atomic E-state index is 5.91. The molecule has 24 heavy (non-hydrogen) atoms. The first kappa shape index (κ1) is 19.7. The molecule has 2 rings (SSSR count). The normalized spacial score (nSPS) is 22.3. The summed E-state index contributed by atoms with van der Waals surface area (Å²) in [4.78, 5) is 14.7. The molecule has 1 N–H and O–H groups in total. The first-order valence-electron chi connectivity index (χ1n) is 8.62. The van der Waals surface area contributed by atoms with Crippen LogP contribution in [-0.4, -0.2) is 44.0 Å². The van der Waals surface area contributed by atoms with Gasteiger partial charge in [0.05, 0.1) is 0 Å². The van der Waals surface area contributed by atoms with E-state index in [2.05, 4.69) is 66.8 Å². The molecule has 0 radical (unpaired) electrons. The molecule has 136 valence electrons. The minimum atomic E-state index is 0.122. The lowest BCUT2D eigenvalue weighted by molar-refractivity contribution is -0.0346. The van der Waals surface area contributed by atoms with Crippen molar-refractivity contribution in [3.63, 3.8) is 0 Å². The molecule has 0 amide bonds. The Morgan fingerprint density at radius 3 is 2.04 bits per heavy atom. The molecular weight excluding hydrogens is 345 g/mol. The van der Waals surface area contributed by atoms with Crippen LogP contribution in [-0.2, 0) is 0 Å². The third kappa shape index (κ3) is 4.50. The fraction of sp³-hybridized carbons (Fsp3) is 0.824. The summed E-state index contributed by atoms with van der Waals surface area (Å²) >= 11 is 11.8. The summed E-state index contributed by atoms with van der Waals surface area (Å²) in [6, 6.07) is 0.289.